The SMILES string of the molecule is COCCOc1cc([N+](=O)[O-])c(C(=O)Nc2cccc(COc3ccc4c(c3)OCO4)c2)cc1OC. The summed E-state index contributed by atoms with van der Waals surface area (Å²) in [5.74, 6) is 1.53. The van der Waals surface area contributed by atoms with E-state index in [2.05, 4.69) is 5.32 Å². The molecule has 4 rings (SSSR count). The van der Waals surface area contributed by atoms with Crippen molar-refractivity contribution >= 4 is 17.3 Å². The van der Waals surface area contributed by atoms with Gasteiger partial charge in [-0.3, -0.25) is 14.9 Å². The molecule has 0 fully saturated rings. The summed E-state index contributed by atoms with van der Waals surface area (Å²) in [5.41, 5.74) is 0.640. The van der Waals surface area contributed by atoms with E-state index < -0.39 is 16.5 Å². The van der Waals surface area contributed by atoms with E-state index in [9.17, 15) is 14.9 Å². The molecule has 0 radical (unpaired) electrons. The first kappa shape index (κ1) is 24.6. The Balaban J connectivity index is 1.47. The predicted octanol–water partition coefficient (Wildman–Crippen LogP) is 4.19. The molecule has 0 atom stereocenters. The number of nitrogens with zero attached hydrogens (tertiary/aromatic N) is 1. The zero-order chi connectivity index (χ0) is 25.5. The summed E-state index contributed by atoms with van der Waals surface area (Å²) in [6.07, 6.45) is 0. The van der Waals surface area contributed by atoms with Crippen LogP contribution in [-0.2, 0) is 11.3 Å². The van der Waals surface area contributed by atoms with E-state index in [0.717, 1.165) is 5.56 Å². The number of methoxy groups -OCH3 is 2. The average molecular weight is 496 g/mol. The van der Waals surface area contributed by atoms with Crippen molar-refractivity contribution in [3.05, 3.63) is 75.8 Å². The fraction of sp³-hybridized carbons (Fsp3) is 0.240. The van der Waals surface area contributed by atoms with Crippen LogP contribution in [0.3, 0.4) is 0 Å². The van der Waals surface area contributed by atoms with E-state index in [1.54, 1.807) is 36.4 Å². The Morgan fingerprint density at radius 2 is 1.83 bits per heavy atom. The van der Waals surface area contributed by atoms with Crippen LogP contribution in [0.25, 0.3) is 0 Å². The molecule has 1 heterocycles. The fourth-order valence-electron chi connectivity index (χ4n) is 3.46. The Hall–Kier alpha value is -4.51. The van der Waals surface area contributed by atoms with E-state index in [1.807, 2.05) is 6.07 Å². The molecule has 0 saturated carbocycles. The van der Waals surface area contributed by atoms with Crippen LogP contribution in [0.4, 0.5) is 11.4 Å². The molecule has 0 unspecified atom stereocenters. The van der Waals surface area contributed by atoms with Crippen LogP contribution in [0.2, 0.25) is 0 Å². The summed E-state index contributed by atoms with van der Waals surface area (Å²) in [4.78, 5) is 24.0. The minimum Gasteiger partial charge on any atom is -0.493 e. The van der Waals surface area contributed by atoms with Gasteiger partial charge in [0.25, 0.3) is 11.6 Å². The first-order valence-electron chi connectivity index (χ1n) is 10.9. The number of hydrogen-bond acceptors (Lipinski definition) is 9. The Morgan fingerprint density at radius 3 is 2.61 bits per heavy atom. The van der Waals surface area contributed by atoms with Gasteiger partial charge in [0.1, 0.15) is 24.5 Å². The van der Waals surface area contributed by atoms with E-state index >= 15 is 0 Å². The third kappa shape index (κ3) is 5.76. The molecule has 0 aliphatic carbocycles. The maximum Gasteiger partial charge on any atom is 0.286 e. The van der Waals surface area contributed by atoms with Crippen LogP contribution in [0.15, 0.2) is 54.6 Å². The van der Waals surface area contributed by atoms with Crippen LogP contribution in [-0.4, -0.2) is 45.1 Å². The van der Waals surface area contributed by atoms with Gasteiger partial charge in [-0.1, -0.05) is 12.1 Å². The maximum absolute atomic E-state index is 13.0. The molecule has 0 spiro atoms. The normalized spacial score (nSPS) is 11.6. The summed E-state index contributed by atoms with van der Waals surface area (Å²) in [6, 6.07) is 14.7. The first-order valence-corrected chi connectivity index (χ1v) is 10.9. The largest absolute Gasteiger partial charge is 0.493 e. The number of hydrogen-bond donors (Lipinski definition) is 1. The van der Waals surface area contributed by atoms with Gasteiger partial charge in [-0.2, -0.15) is 0 Å². The molecule has 0 aromatic heterocycles. The molecule has 1 N–H and O–H groups in total. The van der Waals surface area contributed by atoms with E-state index in [1.165, 1.54) is 26.4 Å². The fourth-order valence-corrected chi connectivity index (χ4v) is 3.46. The summed E-state index contributed by atoms with van der Waals surface area (Å²) in [7, 11) is 2.89. The molecule has 3 aromatic rings. The molecular formula is C25H24N2O9. The van der Waals surface area contributed by atoms with Crippen LogP contribution >= 0.6 is 0 Å². The molecule has 0 bridgehead atoms. The highest BCUT2D eigenvalue weighted by Gasteiger charge is 2.25. The standard InChI is InChI=1S/C25H24N2O9/c1-31-8-9-33-24-13-20(27(29)30)19(12-22(24)32-2)25(28)26-17-5-3-4-16(10-17)14-34-18-6-7-21-23(11-18)36-15-35-21/h3-7,10-13H,8-9,14-15H2,1-2H3,(H,26,28). The number of amides is 1. The van der Waals surface area contributed by atoms with Crippen molar-refractivity contribution in [2.75, 3.05) is 39.5 Å². The number of benzene rings is 3. The van der Waals surface area contributed by atoms with Gasteiger partial charge in [0.15, 0.2) is 23.0 Å². The van der Waals surface area contributed by atoms with Gasteiger partial charge in [0.2, 0.25) is 6.79 Å². The molecular weight excluding hydrogens is 472 g/mol. The number of anilines is 1. The molecule has 1 amide bonds. The lowest BCUT2D eigenvalue weighted by atomic mass is 10.1. The number of fused-ring (bicyclic) bond motifs is 1. The van der Waals surface area contributed by atoms with Gasteiger partial charge in [0, 0.05) is 24.9 Å². The number of nitro benzene ring substituents is 1. The number of ether oxygens (including phenoxy) is 6. The highest BCUT2D eigenvalue weighted by molar-refractivity contribution is 6.07. The number of rotatable bonds is 11. The van der Waals surface area contributed by atoms with Gasteiger partial charge < -0.3 is 33.7 Å². The summed E-state index contributed by atoms with van der Waals surface area (Å²) in [5, 5.41) is 14.4. The quantitative estimate of drug-likeness (QED) is 0.236. The number of nitrogens with one attached hydrogen (secondary N) is 1. The Kier molecular flexibility index (Phi) is 7.71. The first-order chi connectivity index (χ1) is 17.5. The van der Waals surface area contributed by atoms with Crippen molar-refractivity contribution in [3.63, 3.8) is 0 Å². The Labute approximate surface area is 206 Å². The van der Waals surface area contributed by atoms with Gasteiger partial charge >= 0.3 is 0 Å². The molecule has 11 nitrogen and oxygen atoms in total. The van der Waals surface area contributed by atoms with E-state index in [0.29, 0.717) is 22.9 Å². The van der Waals surface area contributed by atoms with Gasteiger partial charge in [0.05, 0.1) is 24.7 Å². The van der Waals surface area contributed by atoms with Crippen LogP contribution in [0.1, 0.15) is 15.9 Å². The molecule has 1 aliphatic rings. The lowest BCUT2D eigenvalue weighted by Crippen LogP contribution is -2.15. The van der Waals surface area contributed by atoms with Crippen LogP contribution in [0.5, 0.6) is 28.7 Å². The zero-order valence-electron chi connectivity index (χ0n) is 19.6. The summed E-state index contributed by atoms with van der Waals surface area (Å²) < 4.78 is 32.2. The van der Waals surface area contributed by atoms with Crippen molar-refractivity contribution < 1.29 is 38.1 Å². The van der Waals surface area contributed by atoms with Gasteiger partial charge in [-0.15, -0.1) is 0 Å². The molecule has 188 valence electrons. The number of carbonyl (C=O) groups is 1. The third-order valence-electron chi connectivity index (χ3n) is 5.20. The zero-order valence-corrected chi connectivity index (χ0v) is 19.6. The van der Waals surface area contributed by atoms with Crippen LogP contribution in [0, 0.1) is 10.1 Å². The summed E-state index contributed by atoms with van der Waals surface area (Å²) >= 11 is 0. The molecule has 11 heteroatoms. The molecule has 0 saturated heterocycles. The van der Waals surface area contributed by atoms with Crippen molar-refractivity contribution in [2.45, 2.75) is 6.61 Å². The van der Waals surface area contributed by atoms with Crippen molar-refractivity contribution in [3.8, 4) is 28.7 Å². The highest BCUT2D eigenvalue weighted by atomic mass is 16.7. The second-order valence-corrected chi connectivity index (χ2v) is 7.58. The van der Waals surface area contributed by atoms with Gasteiger partial charge in [-0.05, 0) is 29.8 Å². The predicted molar refractivity (Wildman–Crippen MR) is 128 cm³/mol. The lowest BCUT2D eigenvalue weighted by molar-refractivity contribution is -0.385. The van der Waals surface area contributed by atoms with E-state index in [-0.39, 0.29) is 43.7 Å². The smallest absolute Gasteiger partial charge is 0.286 e. The van der Waals surface area contributed by atoms with Gasteiger partial charge in [-0.25, -0.2) is 0 Å². The van der Waals surface area contributed by atoms with Crippen molar-refractivity contribution in [2.24, 2.45) is 0 Å². The third-order valence-corrected chi connectivity index (χ3v) is 5.20. The second kappa shape index (κ2) is 11.3. The summed E-state index contributed by atoms with van der Waals surface area (Å²) in [6.45, 7) is 0.851. The molecule has 3 aromatic carbocycles. The topological polar surface area (TPSA) is 128 Å². The van der Waals surface area contributed by atoms with Crippen molar-refractivity contribution in [1.29, 1.82) is 0 Å². The molecule has 36 heavy (non-hydrogen) atoms. The van der Waals surface area contributed by atoms with Crippen LogP contribution < -0.4 is 29.0 Å². The average Bonchev–Trinajstić information content (AvgIpc) is 3.35. The Bertz CT molecular complexity index is 1260. The van der Waals surface area contributed by atoms with Crippen molar-refractivity contribution in [1.82, 2.24) is 0 Å². The highest BCUT2D eigenvalue weighted by Crippen LogP contribution is 2.36. The lowest BCUT2D eigenvalue weighted by Gasteiger charge is -2.13. The van der Waals surface area contributed by atoms with E-state index in [4.69, 9.17) is 28.4 Å². The minimum atomic E-state index is -0.669. The minimum absolute atomic E-state index is 0.139. The molecule has 1 aliphatic heterocycles. The maximum atomic E-state index is 13.0. The number of nitro groups is 1. The monoisotopic (exact) mass is 496 g/mol. The second-order valence-electron chi connectivity index (χ2n) is 7.58. The number of carbonyl (C=O) groups excluding carboxylic acids is 1. The Morgan fingerprint density at radius 1 is 1.00 bits per heavy atom.